The third kappa shape index (κ3) is 13.4. The van der Waals surface area contributed by atoms with Gasteiger partial charge >= 0.3 is 0 Å². The van der Waals surface area contributed by atoms with Crippen molar-refractivity contribution in [1.29, 1.82) is 0 Å². The Balaban J connectivity index is 0. The lowest BCUT2D eigenvalue weighted by molar-refractivity contribution is -0.126. The van der Waals surface area contributed by atoms with Crippen LogP contribution in [0.5, 0.6) is 0 Å². The molecule has 0 aliphatic rings. The van der Waals surface area contributed by atoms with E-state index in [0.29, 0.717) is 5.75 Å². The molecule has 2 amide bonds. The summed E-state index contributed by atoms with van der Waals surface area (Å²) in [5, 5.41) is 0. The van der Waals surface area contributed by atoms with Gasteiger partial charge in [-0.3, -0.25) is 9.59 Å². The van der Waals surface area contributed by atoms with Gasteiger partial charge in [-0.1, -0.05) is 12.2 Å². The van der Waals surface area contributed by atoms with Crippen molar-refractivity contribution in [1.82, 2.24) is 9.80 Å². The van der Waals surface area contributed by atoms with Crippen molar-refractivity contribution in [2.75, 3.05) is 33.4 Å². The van der Waals surface area contributed by atoms with Crippen molar-refractivity contribution in [2.24, 2.45) is 0 Å². The molecule has 0 N–H and O–H groups in total. The molecule has 0 unspecified atom stereocenters. The predicted octanol–water partition coefficient (Wildman–Crippen LogP) is 0.859. The second kappa shape index (κ2) is 11.5. The number of carbonyl (C=O) groups excluding carboxylic acids is 2. The summed E-state index contributed by atoms with van der Waals surface area (Å²) in [5.74, 6) is 0.599. The second-order valence-electron chi connectivity index (χ2n) is 2.88. The van der Waals surface area contributed by atoms with E-state index in [-0.39, 0.29) is 5.91 Å². The van der Waals surface area contributed by atoms with Crippen LogP contribution in [-0.2, 0) is 9.59 Å². The fourth-order valence-electron chi connectivity index (χ4n) is 0.392. The molecule has 0 fully saturated rings. The van der Waals surface area contributed by atoms with Gasteiger partial charge in [-0.25, -0.2) is 0 Å². The highest BCUT2D eigenvalue weighted by molar-refractivity contribution is 8.21. The summed E-state index contributed by atoms with van der Waals surface area (Å²) in [7, 11) is 5.16. The highest BCUT2D eigenvalue weighted by atomic mass is 32.2. The summed E-state index contributed by atoms with van der Waals surface area (Å²) in [5.41, 5.74) is 0. The van der Waals surface area contributed by atoms with Crippen LogP contribution in [0, 0.1) is 0 Å². The standard InChI is InChI=1S/C6H11NOS2.C3H7NO/c1-3-7(2)6(8)4-10-5-9;1-4(2)3-5/h5H,3-4H2,1-2H3;3H,1-2H3. The van der Waals surface area contributed by atoms with E-state index in [1.54, 1.807) is 26.0 Å². The van der Waals surface area contributed by atoms with E-state index in [9.17, 15) is 9.59 Å². The van der Waals surface area contributed by atoms with Gasteiger partial charge in [-0.15, -0.1) is 11.8 Å². The molecule has 0 aliphatic carbocycles. The van der Waals surface area contributed by atoms with Crippen LogP contribution in [0.3, 0.4) is 0 Å². The third-order valence-corrected chi connectivity index (χ3v) is 2.34. The van der Waals surface area contributed by atoms with Gasteiger partial charge in [-0.05, 0) is 6.92 Å². The molecule has 15 heavy (non-hydrogen) atoms. The predicted molar refractivity (Wildman–Crippen MR) is 69.2 cm³/mol. The van der Waals surface area contributed by atoms with Crippen LogP contribution in [0.4, 0.5) is 0 Å². The molecule has 0 heterocycles. The number of carbonyl (C=O) groups is 2. The van der Waals surface area contributed by atoms with Gasteiger partial charge in [0.25, 0.3) is 0 Å². The van der Waals surface area contributed by atoms with Gasteiger partial charge in [-0.2, -0.15) is 0 Å². The molecule has 4 nitrogen and oxygen atoms in total. The normalized spacial score (nSPS) is 8.27. The first-order chi connectivity index (χ1) is 6.99. The Labute approximate surface area is 101 Å². The van der Waals surface area contributed by atoms with Crippen molar-refractivity contribution in [3.8, 4) is 0 Å². The fraction of sp³-hybridized carbons (Fsp3) is 0.667. The molecule has 0 spiro atoms. The average Bonchev–Trinajstić information content (AvgIpc) is 2.25. The third-order valence-electron chi connectivity index (χ3n) is 1.39. The van der Waals surface area contributed by atoms with Crippen LogP contribution in [0.2, 0.25) is 0 Å². The SMILES string of the molecule is CCN(C)C(=O)CSC=S.CN(C)C=O. The van der Waals surface area contributed by atoms with Crippen molar-refractivity contribution in [3.63, 3.8) is 0 Å². The number of rotatable bonds is 5. The summed E-state index contributed by atoms with van der Waals surface area (Å²) in [4.78, 5) is 23.5. The van der Waals surface area contributed by atoms with E-state index in [2.05, 4.69) is 12.2 Å². The van der Waals surface area contributed by atoms with Gasteiger partial charge in [0.1, 0.15) is 0 Å². The minimum Gasteiger partial charge on any atom is -0.351 e. The minimum absolute atomic E-state index is 0.133. The quantitative estimate of drug-likeness (QED) is 0.536. The van der Waals surface area contributed by atoms with Crippen LogP contribution in [0.15, 0.2) is 0 Å². The summed E-state index contributed by atoms with van der Waals surface area (Å²) >= 11 is 5.92. The maximum Gasteiger partial charge on any atom is 0.232 e. The molecule has 88 valence electrons. The molecular formula is C9H18N2O2S2. The summed E-state index contributed by atoms with van der Waals surface area (Å²) < 4.78 is 1.52. The summed E-state index contributed by atoms with van der Waals surface area (Å²) in [6.07, 6.45) is 0.750. The first-order valence-electron chi connectivity index (χ1n) is 4.40. The Bertz CT molecular complexity index is 199. The van der Waals surface area contributed by atoms with Crippen LogP contribution in [0.1, 0.15) is 6.92 Å². The lowest BCUT2D eigenvalue weighted by atomic mass is 10.5. The summed E-state index contributed by atoms with van der Waals surface area (Å²) in [6.45, 7) is 2.71. The summed E-state index contributed by atoms with van der Waals surface area (Å²) in [6, 6.07) is 0. The van der Waals surface area contributed by atoms with Gasteiger partial charge in [0.15, 0.2) is 0 Å². The molecule has 0 rings (SSSR count). The van der Waals surface area contributed by atoms with E-state index in [4.69, 9.17) is 0 Å². The topological polar surface area (TPSA) is 40.6 Å². The van der Waals surface area contributed by atoms with E-state index < -0.39 is 0 Å². The van der Waals surface area contributed by atoms with Gasteiger partial charge in [0, 0.05) is 32.4 Å². The first-order valence-corrected chi connectivity index (χ1v) is 5.92. The smallest absolute Gasteiger partial charge is 0.232 e. The van der Waals surface area contributed by atoms with Crippen molar-refractivity contribution >= 4 is 41.0 Å². The lowest BCUT2D eigenvalue weighted by Crippen LogP contribution is -2.27. The molecule has 0 saturated heterocycles. The lowest BCUT2D eigenvalue weighted by Gasteiger charge is -2.12. The molecule has 0 aliphatic heterocycles. The van der Waals surface area contributed by atoms with Crippen LogP contribution in [-0.4, -0.2) is 60.3 Å². The Hall–Kier alpha value is -0.620. The van der Waals surface area contributed by atoms with E-state index in [1.165, 1.54) is 21.4 Å². The maximum atomic E-state index is 11.0. The molecule has 0 aromatic heterocycles. The van der Waals surface area contributed by atoms with Crippen molar-refractivity contribution < 1.29 is 9.59 Å². The molecule has 6 heteroatoms. The van der Waals surface area contributed by atoms with Crippen molar-refractivity contribution in [3.05, 3.63) is 0 Å². The number of nitrogens with zero attached hydrogens (tertiary/aromatic N) is 2. The molecular weight excluding hydrogens is 232 g/mol. The van der Waals surface area contributed by atoms with Gasteiger partial charge < -0.3 is 9.80 Å². The van der Waals surface area contributed by atoms with Crippen molar-refractivity contribution in [2.45, 2.75) is 6.92 Å². The molecule has 0 saturated carbocycles. The largest absolute Gasteiger partial charge is 0.351 e. The molecule has 0 aromatic carbocycles. The van der Waals surface area contributed by atoms with E-state index in [0.717, 1.165) is 13.0 Å². The second-order valence-corrected chi connectivity index (χ2v) is 4.28. The maximum absolute atomic E-state index is 11.0. The number of hydrogen-bond acceptors (Lipinski definition) is 4. The van der Waals surface area contributed by atoms with Crippen LogP contribution >= 0.6 is 24.0 Å². The highest BCUT2D eigenvalue weighted by Crippen LogP contribution is 1.96. The minimum atomic E-state index is 0.133. The van der Waals surface area contributed by atoms with Crippen LogP contribution < -0.4 is 0 Å². The fourth-order valence-corrected chi connectivity index (χ4v) is 1.03. The monoisotopic (exact) mass is 250 g/mol. The number of thioether (sulfide) groups is 1. The average molecular weight is 250 g/mol. The molecule has 0 bridgehead atoms. The van der Waals surface area contributed by atoms with Gasteiger partial charge in [0.2, 0.25) is 12.3 Å². The Kier molecular flexibility index (Phi) is 12.8. The Morgan fingerprint density at radius 3 is 2.13 bits per heavy atom. The zero-order valence-electron chi connectivity index (χ0n) is 9.60. The number of amides is 2. The van der Waals surface area contributed by atoms with Gasteiger partial charge in [0.05, 0.1) is 5.75 Å². The number of hydrogen-bond donors (Lipinski definition) is 0. The zero-order valence-corrected chi connectivity index (χ0v) is 11.2. The zero-order chi connectivity index (χ0) is 12.3. The molecule has 0 radical (unpaired) electrons. The first kappa shape index (κ1) is 16.8. The van der Waals surface area contributed by atoms with Crippen LogP contribution in [0.25, 0.3) is 0 Å². The van der Waals surface area contributed by atoms with E-state index >= 15 is 0 Å². The Morgan fingerprint density at radius 2 is 1.87 bits per heavy atom. The molecule has 0 aromatic rings. The number of thiocarbonyl (C=S) groups is 1. The molecule has 0 atom stereocenters. The highest BCUT2D eigenvalue weighted by Gasteiger charge is 2.03. The van der Waals surface area contributed by atoms with E-state index in [1.807, 2.05) is 6.92 Å². The Morgan fingerprint density at radius 1 is 1.40 bits per heavy atom.